The van der Waals surface area contributed by atoms with Gasteiger partial charge in [0.1, 0.15) is 0 Å². The van der Waals surface area contributed by atoms with Crippen LogP contribution in [0, 0.1) is 0 Å². The molecule has 1 aromatic heterocycles. The molecule has 0 saturated carbocycles. The van der Waals surface area contributed by atoms with E-state index < -0.39 is 0 Å². The van der Waals surface area contributed by atoms with Crippen molar-refractivity contribution in [1.82, 2.24) is 20.4 Å². The zero-order valence-electron chi connectivity index (χ0n) is 13.1. The molecule has 2 N–H and O–H groups in total. The summed E-state index contributed by atoms with van der Waals surface area (Å²) in [6.45, 7) is 2.24. The number of aromatic nitrogens is 2. The van der Waals surface area contributed by atoms with Crippen LogP contribution < -0.4 is 10.6 Å². The van der Waals surface area contributed by atoms with E-state index in [-0.39, 0.29) is 24.4 Å². The number of nitrogens with zero attached hydrogens (tertiary/aromatic N) is 2. The van der Waals surface area contributed by atoms with E-state index >= 15 is 0 Å². The molecule has 1 atom stereocenters. The Balaban J connectivity index is 0.00000192. The number of amides is 1. The smallest absolute Gasteiger partial charge is 0.237 e. The summed E-state index contributed by atoms with van der Waals surface area (Å²) in [5.74, 6) is 0.120. The van der Waals surface area contributed by atoms with Gasteiger partial charge in [-0.15, -0.1) is 12.4 Å². The Morgan fingerprint density at radius 1 is 1.22 bits per heavy atom. The van der Waals surface area contributed by atoms with Crippen LogP contribution in [0.1, 0.15) is 30.4 Å². The van der Waals surface area contributed by atoms with Gasteiger partial charge in [-0.1, -0.05) is 30.3 Å². The van der Waals surface area contributed by atoms with Gasteiger partial charge in [-0.05, 0) is 24.8 Å². The Morgan fingerprint density at radius 3 is 2.87 bits per heavy atom. The van der Waals surface area contributed by atoms with Crippen molar-refractivity contribution in [2.24, 2.45) is 0 Å². The van der Waals surface area contributed by atoms with Crippen LogP contribution in [0.15, 0.2) is 42.7 Å². The zero-order valence-corrected chi connectivity index (χ0v) is 13.9. The van der Waals surface area contributed by atoms with Gasteiger partial charge in [0.15, 0.2) is 0 Å². The summed E-state index contributed by atoms with van der Waals surface area (Å²) in [5.41, 5.74) is 2.33. The first-order chi connectivity index (χ1) is 10.8. The molecule has 1 aliphatic rings. The molecule has 2 aromatic rings. The summed E-state index contributed by atoms with van der Waals surface area (Å²) in [6.07, 6.45) is 6.96. The Labute approximate surface area is 142 Å². The van der Waals surface area contributed by atoms with Gasteiger partial charge in [0, 0.05) is 24.8 Å². The maximum absolute atomic E-state index is 11.9. The van der Waals surface area contributed by atoms with Crippen LogP contribution in [0.25, 0.3) is 0 Å². The normalized spacial score (nSPS) is 17.9. The lowest BCUT2D eigenvalue weighted by Gasteiger charge is -2.14. The maximum atomic E-state index is 11.9. The molecule has 23 heavy (non-hydrogen) atoms. The lowest BCUT2D eigenvalue weighted by molar-refractivity contribution is -0.122. The number of hydrogen-bond acceptors (Lipinski definition) is 3. The van der Waals surface area contributed by atoms with Crippen molar-refractivity contribution in [3.05, 3.63) is 53.9 Å². The summed E-state index contributed by atoms with van der Waals surface area (Å²) in [7, 11) is 0. The third-order valence-corrected chi connectivity index (χ3v) is 3.96. The maximum Gasteiger partial charge on any atom is 0.237 e. The van der Waals surface area contributed by atoms with Crippen molar-refractivity contribution in [3.8, 4) is 0 Å². The van der Waals surface area contributed by atoms with Gasteiger partial charge in [-0.25, -0.2) is 0 Å². The monoisotopic (exact) mass is 334 g/mol. The molecule has 6 heteroatoms. The van der Waals surface area contributed by atoms with Gasteiger partial charge < -0.3 is 10.6 Å². The largest absolute Gasteiger partial charge is 0.355 e. The lowest BCUT2D eigenvalue weighted by atomic mass is 10.1. The van der Waals surface area contributed by atoms with Gasteiger partial charge in [0.25, 0.3) is 0 Å². The average molecular weight is 335 g/mol. The van der Waals surface area contributed by atoms with Crippen LogP contribution in [0.3, 0.4) is 0 Å². The lowest BCUT2D eigenvalue weighted by Crippen LogP contribution is -2.42. The standard InChI is InChI=1S/C17H22N4O.ClH/c22-17-16(8-4-5-9-18-17)19-10-15-11-20-21(13-15)12-14-6-2-1-3-7-14;/h1-3,6-7,11,13,16,19H,4-5,8-10,12H2,(H,18,22);1H. The van der Waals surface area contributed by atoms with Crippen LogP contribution >= 0.6 is 12.4 Å². The van der Waals surface area contributed by atoms with E-state index in [0.29, 0.717) is 6.54 Å². The highest BCUT2D eigenvalue weighted by molar-refractivity contribution is 5.85. The molecule has 2 heterocycles. The first kappa shape index (κ1) is 17.5. The minimum atomic E-state index is -0.0834. The Morgan fingerprint density at radius 2 is 2.04 bits per heavy atom. The van der Waals surface area contributed by atoms with E-state index in [0.717, 1.165) is 37.9 Å². The highest BCUT2D eigenvalue weighted by Crippen LogP contribution is 2.08. The second-order valence-electron chi connectivity index (χ2n) is 5.75. The topological polar surface area (TPSA) is 59.0 Å². The van der Waals surface area contributed by atoms with E-state index in [2.05, 4.69) is 27.9 Å². The summed E-state index contributed by atoms with van der Waals surface area (Å²) < 4.78 is 1.93. The fraction of sp³-hybridized carbons (Fsp3) is 0.412. The Kier molecular flexibility index (Phi) is 6.62. The number of halogens is 1. The third kappa shape index (κ3) is 5.08. The van der Waals surface area contributed by atoms with Crippen LogP contribution in [-0.4, -0.2) is 28.3 Å². The van der Waals surface area contributed by atoms with Crippen LogP contribution in [0.4, 0.5) is 0 Å². The van der Waals surface area contributed by atoms with Gasteiger partial charge in [-0.2, -0.15) is 5.10 Å². The van der Waals surface area contributed by atoms with E-state index in [1.807, 2.05) is 35.3 Å². The highest BCUT2D eigenvalue weighted by Gasteiger charge is 2.19. The van der Waals surface area contributed by atoms with E-state index in [1.165, 1.54) is 5.56 Å². The molecular weight excluding hydrogens is 312 g/mol. The Bertz CT molecular complexity index is 614. The van der Waals surface area contributed by atoms with E-state index in [1.54, 1.807) is 0 Å². The average Bonchev–Trinajstić information content (AvgIpc) is 2.87. The molecular formula is C17H23ClN4O. The van der Waals surface area contributed by atoms with E-state index in [9.17, 15) is 4.79 Å². The number of rotatable bonds is 5. The van der Waals surface area contributed by atoms with Crippen molar-refractivity contribution >= 4 is 18.3 Å². The molecule has 1 saturated heterocycles. The molecule has 1 aliphatic heterocycles. The first-order valence-electron chi connectivity index (χ1n) is 7.87. The highest BCUT2D eigenvalue weighted by atomic mass is 35.5. The third-order valence-electron chi connectivity index (χ3n) is 3.96. The van der Waals surface area contributed by atoms with Crippen molar-refractivity contribution in [2.45, 2.75) is 38.4 Å². The van der Waals surface area contributed by atoms with Crippen LogP contribution in [0.5, 0.6) is 0 Å². The van der Waals surface area contributed by atoms with Gasteiger partial charge in [0.05, 0.1) is 18.8 Å². The van der Waals surface area contributed by atoms with Crippen molar-refractivity contribution in [1.29, 1.82) is 0 Å². The van der Waals surface area contributed by atoms with Crippen molar-refractivity contribution < 1.29 is 4.79 Å². The minimum Gasteiger partial charge on any atom is -0.355 e. The zero-order chi connectivity index (χ0) is 15.2. The van der Waals surface area contributed by atoms with Gasteiger partial charge in [-0.3, -0.25) is 9.48 Å². The molecule has 1 amide bonds. The fourth-order valence-electron chi connectivity index (χ4n) is 2.73. The number of benzene rings is 1. The summed E-state index contributed by atoms with van der Waals surface area (Å²) in [6, 6.07) is 10.2. The second-order valence-corrected chi connectivity index (χ2v) is 5.75. The number of nitrogens with one attached hydrogen (secondary N) is 2. The molecule has 0 bridgehead atoms. The number of hydrogen-bond donors (Lipinski definition) is 2. The quantitative estimate of drug-likeness (QED) is 0.880. The fourth-order valence-corrected chi connectivity index (χ4v) is 2.73. The van der Waals surface area contributed by atoms with Crippen LogP contribution in [0.2, 0.25) is 0 Å². The van der Waals surface area contributed by atoms with E-state index in [4.69, 9.17) is 0 Å². The first-order valence-corrected chi connectivity index (χ1v) is 7.87. The molecule has 1 aromatic carbocycles. The molecule has 124 valence electrons. The number of carbonyl (C=O) groups excluding carboxylic acids is 1. The summed E-state index contributed by atoms with van der Waals surface area (Å²) in [5, 5.41) is 10.7. The SMILES string of the molecule is Cl.O=C1NCCCCC1NCc1cnn(Cc2ccccc2)c1. The second kappa shape index (κ2) is 8.70. The molecule has 0 aliphatic carbocycles. The summed E-state index contributed by atoms with van der Waals surface area (Å²) in [4.78, 5) is 11.9. The van der Waals surface area contributed by atoms with Crippen molar-refractivity contribution in [3.63, 3.8) is 0 Å². The molecule has 5 nitrogen and oxygen atoms in total. The Hall–Kier alpha value is -1.85. The van der Waals surface area contributed by atoms with Gasteiger partial charge in [0.2, 0.25) is 5.91 Å². The number of carbonyl (C=O) groups is 1. The van der Waals surface area contributed by atoms with Crippen LogP contribution in [-0.2, 0) is 17.9 Å². The van der Waals surface area contributed by atoms with Gasteiger partial charge >= 0.3 is 0 Å². The molecule has 1 fully saturated rings. The minimum absolute atomic E-state index is 0. The molecule has 0 radical (unpaired) electrons. The molecule has 1 unspecified atom stereocenters. The predicted octanol–water partition coefficient (Wildman–Crippen LogP) is 2.11. The molecule has 0 spiro atoms. The summed E-state index contributed by atoms with van der Waals surface area (Å²) >= 11 is 0. The molecule has 3 rings (SSSR count). The van der Waals surface area contributed by atoms with Crippen molar-refractivity contribution in [2.75, 3.05) is 6.54 Å². The predicted molar refractivity (Wildman–Crippen MR) is 92.5 cm³/mol.